The second kappa shape index (κ2) is 9.83. The molecule has 32 heavy (non-hydrogen) atoms. The van der Waals surface area contributed by atoms with Gasteiger partial charge in [-0.05, 0) is 44.0 Å². The van der Waals surface area contributed by atoms with Gasteiger partial charge in [0, 0.05) is 18.1 Å². The van der Waals surface area contributed by atoms with Crippen LogP contribution in [0.3, 0.4) is 0 Å². The highest BCUT2D eigenvalue weighted by Crippen LogP contribution is 2.47. The fraction of sp³-hybridized carbons (Fsp3) is 0.577. The third-order valence-corrected chi connectivity index (χ3v) is 10.8. The van der Waals surface area contributed by atoms with Crippen LogP contribution in [0.1, 0.15) is 72.1 Å². The van der Waals surface area contributed by atoms with Crippen LogP contribution in [0.25, 0.3) is 11.0 Å². The molecule has 2 rings (SSSR count). The molecule has 0 aliphatic heterocycles. The molecule has 1 aromatic heterocycles. The largest absolute Gasteiger partial charge is 0.507 e. The maximum absolute atomic E-state index is 12.5. The Hall–Kier alpha value is -2.05. The summed E-state index contributed by atoms with van der Waals surface area (Å²) in [5.41, 5.74) is 1.24. The van der Waals surface area contributed by atoms with Crippen molar-refractivity contribution < 1.29 is 18.7 Å². The molecule has 1 N–H and O–H groups in total. The zero-order valence-corrected chi connectivity index (χ0v) is 22.2. The lowest BCUT2D eigenvalue weighted by molar-refractivity contribution is 0.144. The number of hydrogen-bond acceptors (Lipinski definition) is 5. The summed E-state index contributed by atoms with van der Waals surface area (Å²) in [7, 11) is -2.23. The number of ether oxygens (including phenoxy) is 1. The third-order valence-electron chi connectivity index (χ3n) is 6.32. The lowest BCUT2D eigenvalue weighted by Gasteiger charge is -2.40. The summed E-state index contributed by atoms with van der Waals surface area (Å²) in [6.45, 7) is 22.8. The number of fused-ring (bicyclic) bond motifs is 1. The van der Waals surface area contributed by atoms with E-state index < -0.39 is 20.0 Å². The molecule has 0 amide bonds. The van der Waals surface area contributed by atoms with Gasteiger partial charge in [0.1, 0.15) is 11.5 Å². The van der Waals surface area contributed by atoms with Gasteiger partial charge in [0.15, 0.2) is 13.9 Å². The summed E-state index contributed by atoms with van der Waals surface area (Å²) >= 11 is 0. The Morgan fingerprint density at radius 2 is 1.84 bits per heavy atom. The third kappa shape index (κ3) is 5.46. The second-order valence-electron chi connectivity index (χ2n) is 10.4. The van der Waals surface area contributed by atoms with Crippen molar-refractivity contribution in [1.29, 1.82) is 0 Å². The van der Waals surface area contributed by atoms with E-state index in [9.17, 15) is 9.90 Å². The van der Waals surface area contributed by atoms with Crippen LogP contribution in [0, 0.1) is 5.92 Å². The van der Waals surface area contributed by atoms with Gasteiger partial charge in [-0.3, -0.25) is 0 Å². The zero-order valence-electron chi connectivity index (χ0n) is 21.2. The number of aryl methyl sites for hydroxylation is 1. The first-order valence-corrected chi connectivity index (χ1v) is 14.4. The van der Waals surface area contributed by atoms with Crippen LogP contribution in [0.4, 0.5) is 0 Å². The monoisotopic (exact) mass is 460 g/mol. The van der Waals surface area contributed by atoms with Crippen molar-refractivity contribution in [2.45, 2.75) is 91.6 Å². The van der Waals surface area contributed by atoms with Crippen LogP contribution in [-0.4, -0.2) is 19.5 Å². The maximum Gasteiger partial charge on any atom is 0.336 e. The van der Waals surface area contributed by atoms with Crippen LogP contribution < -0.4 is 10.4 Å². The van der Waals surface area contributed by atoms with Crippen molar-refractivity contribution >= 4 is 19.3 Å². The first-order chi connectivity index (χ1) is 14.7. The molecule has 178 valence electrons. The van der Waals surface area contributed by atoms with Gasteiger partial charge in [-0.1, -0.05) is 47.1 Å². The summed E-state index contributed by atoms with van der Waals surface area (Å²) in [5.74, 6) is 0.401. The molecular formula is C26H40O5Si. The first-order valence-electron chi connectivity index (χ1n) is 11.5. The van der Waals surface area contributed by atoms with Gasteiger partial charge in [0.2, 0.25) is 0 Å². The lowest BCUT2D eigenvalue weighted by Crippen LogP contribution is -2.42. The van der Waals surface area contributed by atoms with Crippen molar-refractivity contribution in [3.05, 3.63) is 46.3 Å². The predicted octanol–water partition coefficient (Wildman–Crippen LogP) is 7.12. The van der Waals surface area contributed by atoms with Crippen LogP contribution in [0.2, 0.25) is 18.1 Å². The zero-order chi connectivity index (χ0) is 24.4. The van der Waals surface area contributed by atoms with E-state index in [0.717, 1.165) is 17.4 Å². The van der Waals surface area contributed by atoms with Gasteiger partial charge >= 0.3 is 5.63 Å². The van der Waals surface area contributed by atoms with Gasteiger partial charge < -0.3 is 18.7 Å². The van der Waals surface area contributed by atoms with Gasteiger partial charge in [-0.15, -0.1) is 6.58 Å². The van der Waals surface area contributed by atoms with E-state index >= 15 is 0 Å². The van der Waals surface area contributed by atoms with E-state index in [1.165, 1.54) is 6.07 Å². The van der Waals surface area contributed by atoms with Crippen molar-refractivity contribution in [2.75, 3.05) is 0 Å². The van der Waals surface area contributed by atoms with E-state index in [4.69, 9.17) is 13.6 Å². The summed E-state index contributed by atoms with van der Waals surface area (Å²) < 4.78 is 18.6. The number of phenolic OH excluding ortho intramolecular Hbond substituents is 1. The Kier molecular flexibility index (Phi) is 8.05. The van der Waals surface area contributed by atoms with E-state index in [1.807, 2.05) is 26.8 Å². The molecule has 2 unspecified atom stereocenters. The molecule has 2 aromatic rings. The average molecular weight is 461 g/mol. The molecule has 0 saturated carbocycles. The Morgan fingerprint density at radius 3 is 2.34 bits per heavy atom. The minimum absolute atomic E-state index is 0.00218. The van der Waals surface area contributed by atoms with Gasteiger partial charge in [-0.25, -0.2) is 4.79 Å². The lowest BCUT2D eigenvalue weighted by atomic mass is 9.93. The maximum atomic E-state index is 12.5. The molecule has 0 fully saturated rings. The molecule has 0 saturated heterocycles. The highest BCUT2D eigenvalue weighted by molar-refractivity contribution is 6.74. The highest BCUT2D eigenvalue weighted by Gasteiger charge is 2.41. The van der Waals surface area contributed by atoms with E-state index in [1.54, 1.807) is 6.07 Å². The molecule has 1 aromatic carbocycles. The average Bonchev–Trinajstić information content (AvgIpc) is 2.64. The normalized spacial score (nSPS) is 14.6. The molecule has 0 aliphatic rings. The van der Waals surface area contributed by atoms with Crippen LogP contribution in [0.5, 0.6) is 11.5 Å². The number of benzene rings is 1. The predicted molar refractivity (Wildman–Crippen MR) is 134 cm³/mol. The van der Waals surface area contributed by atoms with Crippen molar-refractivity contribution in [2.24, 2.45) is 5.92 Å². The minimum Gasteiger partial charge on any atom is -0.507 e. The molecule has 0 spiro atoms. The second-order valence-corrected chi connectivity index (χ2v) is 15.2. The summed E-state index contributed by atoms with van der Waals surface area (Å²) in [4.78, 5) is 12.5. The molecule has 1 heterocycles. The quantitative estimate of drug-likeness (QED) is 0.245. The van der Waals surface area contributed by atoms with E-state index in [0.29, 0.717) is 23.3 Å². The number of aromatic hydroxyl groups is 1. The molecule has 0 bridgehead atoms. The SMILES string of the molecule is C=CC(C)C(O[Si](C)(C)C(C)(C)C)c1c(O)cc(OC(C)C)c2c(CCC)cc(=O)oc12. The highest BCUT2D eigenvalue weighted by atomic mass is 28.4. The number of rotatable bonds is 9. The molecule has 0 aliphatic carbocycles. The topological polar surface area (TPSA) is 68.9 Å². The van der Waals surface area contributed by atoms with Crippen LogP contribution in [-0.2, 0) is 10.8 Å². The number of hydrogen-bond donors (Lipinski definition) is 1. The minimum atomic E-state index is -2.23. The molecule has 0 radical (unpaired) electrons. The summed E-state index contributed by atoms with van der Waals surface area (Å²) in [6, 6.07) is 3.16. The molecule has 6 heteroatoms. The number of phenols is 1. The molecule has 5 nitrogen and oxygen atoms in total. The van der Waals surface area contributed by atoms with Crippen molar-refractivity contribution in [1.82, 2.24) is 0 Å². The summed E-state index contributed by atoms with van der Waals surface area (Å²) in [6.07, 6.45) is 2.77. The van der Waals surface area contributed by atoms with E-state index in [2.05, 4.69) is 47.4 Å². The Morgan fingerprint density at radius 1 is 1.22 bits per heavy atom. The fourth-order valence-electron chi connectivity index (χ4n) is 3.53. The standard InChI is InChI=1S/C26H40O5Si/c1-11-13-18-14-21(28)30-25-22(18)20(29-16(3)4)15-19(27)23(25)24(17(5)12-2)31-32(9,10)26(6,7)8/h12,14-17,24,27H,2,11,13H2,1,3-10H3. The Balaban J connectivity index is 2.92. The fourth-order valence-corrected chi connectivity index (χ4v) is 4.85. The van der Waals surface area contributed by atoms with Gasteiger partial charge in [0.25, 0.3) is 0 Å². The van der Waals surface area contributed by atoms with Crippen molar-refractivity contribution in [3.8, 4) is 11.5 Å². The van der Waals surface area contributed by atoms with Crippen molar-refractivity contribution in [3.63, 3.8) is 0 Å². The van der Waals surface area contributed by atoms with E-state index in [-0.39, 0.29) is 22.8 Å². The van der Waals surface area contributed by atoms with Crippen LogP contribution >= 0.6 is 0 Å². The first kappa shape index (κ1) is 26.2. The van der Waals surface area contributed by atoms with Gasteiger partial charge in [0.05, 0.1) is 23.2 Å². The summed E-state index contributed by atoms with van der Waals surface area (Å²) in [5, 5.41) is 11.9. The molecule has 2 atom stereocenters. The Labute approximate surface area is 193 Å². The van der Waals surface area contributed by atoms with Gasteiger partial charge in [-0.2, -0.15) is 0 Å². The smallest absolute Gasteiger partial charge is 0.336 e. The Bertz CT molecular complexity index is 1010. The molecular weight excluding hydrogens is 420 g/mol. The van der Waals surface area contributed by atoms with Crippen LogP contribution in [0.15, 0.2) is 34.0 Å².